The molecule has 1 saturated heterocycles. The summed E-state index contributed by atoms with van der Waals surface area (Å²) in [6.45, 7) is 5.25. The van der Waals surface area contributed by atoms with Crippen LogP contribution >= 0.6 is 0 Å². The summed E-state index contributed by atoms with van der Waals surface area (Å²) in [5.74, 6) is 0.263. The van der Waals surface area contributed by atoms with E-state index in [0.717, 1.165) is 25.1 Å². The molecule has 116 valence electrons. The highest BCUT2D eigenvalue weighted by molar-refractivity contribution is 7.91. The minimum absolute atomic E-state index is 0.263. The molecule has 3 nitrogen and oxygen atoms in total. The number of aryl methyl sites for hydroxylation is 1. The number of benzene rings is 1. The summed E-state index contributed by atoms with van der Waals surface area (Å²) in [5, 5.41) is 0. The van der Waals surface area contributed by atoms with Gasteiger partial charge in [0, 0.05) is 6.54 Å². The maximum atomic E-state index is 12.3. The predicted octanol–water partition coefficient (Wildman–Crippen LogP) is 3.03. The fourth-order valence-corrected chi connectivity index (χ4v) is 4.94. The van der Waals surface area contributed by atoms with Crippen molar-refractivity contribution >= 4 is 9.84 Å². The highest BCUT2D eigenvalue weighted by Crippen LogP contribution is 2.47. The van der Waals surface area contributed by atoms with Gasteiger partial charge < -0.3 is 4.90 Å². The first kappa shape index (κ1) is 15.0. The van der Waals surface area contributed by atoms with Gasteiger partial charge in [0.15, 0.2) is 9.84 Å². The van der Waals surface area contributed by atoms with Crippen LogP contribution in [0, 0.1) is 12.3 Å². The smallest absolute Gasteiger partial charge is 0.178 e. The van der Waals surface area contributed by atoms with E-state index in [1.165, 1.54) is 32.2 Å². The van der Waals surface area contributed by atoms with Crippen molar-refractivity contribution in [2.75, 3.05) is 25.4 Å². The summed E-state index contributed by atoms with van der Waals surface area (Å²) in [7, 11) is -3.12. The Kier molecular flexibility index (Phi) is 4.10. The van der Waals surface area contributed by atoms with Crippen molar-refractivity contribution in [3.8, 4) is 0 Å². The molecule has 2 aliphatic rings. The van der Waals surface area contributed by atoms with Crippen LogP contribution in [0.1, 0.15) is 37.7 Å². The van der Waals surface area contributed by atoms with Gasteiger partial charge in [-0.15, -0.1) is 0 Å². The molecule has 1 aliphatic carbocycles. The largest absolute Gasteiger partial charge is 0.303 e. The van der Waals surface area contributed by atoms with Crippen LogP contribution in [0.5, 0.6) is 0 Å². The van der Waals surface area contributed by atoms with Crippen molar-refractivity contribution in [2.45, 2.75) is 43.9 Å². The highest BCUT2D eigenvalue weighted by Gasteiger charge is 2.42. The lowest BCUT2D eigenvalue weighted by atomic mass is 9.68. The lowest BCUT2D eigenvalue weighted by Crippen LogP contribution is -2.33. The number of sulfone groups is 1. The fourth-order valence-electron chi connectivity index (χ4n) is 3.65. The summed E-state index contributed by atoms with van der Waals surface area (Å²) in [6.07, 6.45) is 6.20. The van der Waals surface area contributed by atoms with E-state index in [9.17, 15) is 8.42 Å². The van der Waals surface area contributed by atoms with Crippen LogP contribution in [0.4, 0.5) is 0 Å². The molecule has 0 aromatic heterocycles. The van der Waals surface area contributed by atoms with Gasteiger partial charge in [0.1, 0.15) is 0 Å². The Balaban J connectivity index is 1.49. The molecule has 1 aromatic rings. The van der Waals surface area contributed by atoms with Crippen LogP contribution in [-0.2, 0) is 9.84 Å². The topological polar surface area (TPSA) is 37.4 Å². The first-order chi connectivity index (χ1) is 9.99. The van der Waals surface area contributed by atoms with Crippen LogP contribution in [0.15, 0.2) is 29.2 Å². The van der Waals surface area contributed by atoms with E-state index in [-0.39, 0.29) is 5.75 Å². The number of rotatable bonds is 5. The van der Waals surface area contributed by atoms with Crippen molar-refractivity contribution in [1.29, 1.82) is 0 Å². The standard InChI is InChI=1S/C17H25NO2S/c1-15-4-6-16(7-5-15)21(19,20)13-3-11-18-12-10-17(14-18)8-2-9-17/h4-7H,2-3,8-14H2,1H3. The van der Waals surface area contributed by atoms with Crippen LogP contribution < -0.4 is 0 Å². The third-order valence-electron chi connectivity index (χ3n) is 5.20. The zero-order valence-corrected chi connectivity index (χ0v) is 13.7. The number of hydrogen-bond donors (Lipinski definition) is 0. The van der Waals surface area contributed by atoms with Gasteiger partial charge in [-0.2, -0.15) is 0 Å². The van der Waals surface area contributed by atoms with Gasteiger partial charge in [-0.1, -0.05) is 24.1 Å². The van der Waals surface area contributed by atoms with E-state index in [1.807, 2.05) is 19.1 Å². The zero-order valence-electron chi connectivity index (χ0n) is 12.8. The van der Waals surface area contributed by atoms with Crippen molar-refractivity contribution in [1.82, 2.24) is 4.90 Å². The molecule has 4 heteroatoms. The van der Waals surface area contributed by atoms with E-state index in [1.54, 1.807) is 12.1 Å². The van der Waals surface area contributed by atoms with Gasteiger partial charge >= 0.3 is 0 Å². The van der Waals surface area contributed by atoms with Gasteiger partial charge in [-0.25, -0.2) is 8.42 Å². The summed E-state index contributed by atoms with van der Waals surface area (Å²) in [4.78, 5) is 2.93. The van der Waals surface area contributed by atoms with Crippen LogP contribution in [0.2, 0.25) is 0 Å². The Morgan fingerprint density at radius 1 is 1.14 bits per heavy atom. The Bertz CT molecular complexity index is 588. The summed E-state index contributed by atoms with van der Waals surface area (Å²) in [6, 6.07) is 7.19. The van der Waals surface area contributed by atoms with Crippen molar-refractivity contribution in [3.05, 3.63) is 29.8 Å². The molecule has 3 rings (SSSR count). The molecular weight excluding hydrogens is 282 g/mol. The zero-order chi connectivity index (χ0) is 14.9. The van der Waals surface area contributed by atoms with Crippen LogP contribution in [0.3, 0.4) is 0 Å². The van der Waals surface area contributed by atoms with Crippen molar-refractivity contribution < 1.29 is 8.42 Å². The van der Waals surface area contributed by atoms with E-state index >= 15 is 0 Å². The molecule has 0 radical (unpaired) electrons. The van der Waals surface area contributed by atoms with Crippen LogP contribution in [-0.4, -0.2) is 38.7 Å². The van der Waals surface area contributed by atoms with E-state index in [2.05, 4.69) is 4.90 Å². The van der Waals surface area contributed by atoms with E-state index in [0.29, 0.717) is 10.3 Å². The lowest BCUT2D eigenvalue weighted by molar-refractivity contribution is 0.139. The molecule has 0 atom stereocenters. The average molecular weight is 307 g/mol. The molecule has 21 heavy (non-hydrogen) atoms. The molecular formula is C17H25NO2S. The number of hydrogen-bond acceptors (Lipinski definition) is 3. The first-order valence-corrected chi connectivity index (χ1v) is 9.66. The minimum Gasteiger partial charge on any atom is -0.303 e. The van der Waals surface area contributed by atoms with Gasteiger partial charge in [-0.05, 0) is 63.2 Å². The molecule has 1 aliphatic heterocycles. The molecule has 1 spiro atoms. The summed E-state index contributed by atoms with van der Waals surface area (Å²) < 4.78 is 24.6. The van der Waals surface area contributed by atoms with E-state index < -0.39 is 9.84 Å². The second-order valence-electron chi connectivity index (χ2n) is 6.87. The lowest BCUT2D eigenvalue weighted by Gasteiger charge is -2.38. The quantitative estimate of drug-likeness (QED) is 0.839. The summed E-state index contributed by atoms with van der Waals surface area (Å²) in [5.41, 5.74) is 1.70. The first-order valence-electron chi connectivity index (χ1n) is 8.01. The third-order valence-corrected chi connectivity index (χ3v) is 7.02. The second kappa shape index (κ2) is 5.73. The molecule has 1 saturated carbocycles. The fraction of sp³-hybridized carbons (Fsp3) is 0.647. The summed E-state index contributed by atoms with van der Waals surface area (Å²) >= 11 is 0. The van der Waals surface area contributed by atoms with Crippen molar-refractivity contribution in [2.24, 2.45) is 5.41 Å². The van der Waals surface area contributed by atoms with Gasteiger partial charge in [-0.3, -0.25) is 0 Å². The second-order valence-corrected chi connectivity index (χ2v) is 8.97. The average Bonchev–Trinajstić information content (AvgIpc) is 2.84. The van der Waals surface area contributed by atoms with Crippen molar-refractivity contribution in [3.63, 3.8) is 0 Å². The van der Waals surface area contributed by atoms with E-state index in [4.69, 9.17) is 0 Å². The Hall–Kier alpha value is -0.870. The van der Waals surface area contributed by atoms with Gasteiger partial charge in [0.25, 0.3) is 0 Å². The molecule has 2 fully saturated rings. The molecule has 0 unspecified atom stereocenters. The maximum absolute atomic E-state index is 12.3. The highest BCUT2D eigenvalue weighted by atomic mass is 32.2. The Morgan fingerprint density at radius 2 is 1.86 bits per heavy atom. The monoisotopic (exact) mass is 307 g/mol. The molecule has 0 amide bonds. The minimum atomic E-state index is -3.12. The molecule has 0 N–H and O–H groups in total. The van der Waals surface area contributed by atoms with Gasteiger partial charge in [0.2, 0.25) is 0 Å². The van der Waals surface area contributed by atoms with Gasteiger partial charge in [0.05, 0.1) is 10.6 Å². The normalized spacial score (nSPS) is 21.6. The maximum Gasteiger partial charge on any atom is 0.178 e. The molecule has 1 aromatic carbocycles. The van der Waals surface area contributed by atoms with Crippen LogP contribution in [0.25, 0.3) is 0 Å². The number of likely N-dealkylation sites (tertiary alicyclic amines) is 1. The Morgan fingerprint density at radius 3 is 2.43 bits per heavy atom. The number of nitrogens with zero attached hydrogens (tertiary/aromatic N) is 1. The predicted molar refractivity (Wildman–Crippen MR) is 85.2 cm³/mol. The molecule has 0 bridgehead atoms. The third kappa shape index (κ3) is 3.32. The molecule has 1 heterocycles. The SMILES string of the molecule is Cc1ccc(S(=O)(=O)CCCN2CCC3(CCC3)C2)cc1. The Labute approximate surface area is 128 Å².